The summed E-state index contributed by atoms with van der Waals surface area (Å²) in [6.45, 7) is 4.08. The zero-order valence-corrected chi connectivity index (χ0v) is 15.3. The number of pyridine rings is 1. The Morgan fingerprint density at radius 2 is 2.15 bits per heavy atom. The molecule has 1 fully saturated rings. The molecule has 1 N–H and O–H groups in total. The van der Waals surface area contributed by atoms with Crippen molar-refractivity contribution in [1.29, 1.82) is 0 Å². The lowest BCUT2D eigenvalue weighted by Crippen LogP contribution is -2.49. The maximum Gasteiger partial charge on any atom is 0.237 e. The molecule has 0 spiro atoms. The molecule has 1 aliphatic rings. The Kier molecular flexibility index (Phi) is 6.34. The first-order chi connectivity index (χ1) is 13.1. The quantitative estimate of drug-likeness (QED) is 0.838. The van der Waals surface area contributed by atoms with Crippen LogP contribution in [0.25, 0.3) is 0 Å². The normalized spacial score (nSPS) is 17.5. The number of rotatable bonds is 6. The number of halogens is 2. The van der Waals surface area contributed by atoms with Gasteiger partial charge in [0.15, 0.2) is 11.6 Å². The number of likely N-dealkylation sites (N-methyl/N-ethyl adjacent to an activating group) is 1. The molecule has 144 valence electrons. The van der Waals surface area contributed by atoms with Gasteiger partial charge in [0.2, 0.25) is 11.8 Å². The van der Waals surface area contributed by atoms with Gasteiger partial charge >= 0.3 is 0 Å². The molecule has 1 aromatic heterocycles. The molecule has 0 bridgehead atoms. The summed E-state index contributed by atoms with van der Waals surface area (Å²) in [5.74, 6) is -1.55. The second-order valence-electron chi connectivity index (χ2n) is 6.50. The van der Waals surface area contributed by atoms with Gasteiger partial charge in [0.25, 0.3) is 0 Å². The summed E-state index contributed by atoms with van der Waals surface area (Å²) in [4.78, 5) is 18.9. The Balaban J connectivity index is 1.67. The lowest BCUT2D eigenvalue weighted by atomic mass is 10.0. The van der Waals surface area contributed by atoms with E-state index in [1.165, 1.54) is 6.07 Å². The second kappa shape index (κ2) is 8.90. The van der Waals surface area contributed by atoms with Crippen LogP contribution in [0.2, 0.25) is 0 Å². The summed E-state index contributed by atoms with van der Waals surface area (Å²) in [6.07, 6.45) is 4.56. The average Bonchev–Trinajstić information content (AvgIpc) is 2.70. The Morgan fingerprint density at radius 1 is 1.30 bits per heavy atom. The Hall–Kier alpha value is -2.54. The number of carbonyl (C=O) groups is 1. The van der Waals surface area contributed by atoms with Crippen LogP contribution >= 0.6 is 0 Å². The van der Waals surface area contributed by atoms with E-state index >= 15 is 0 Å². The molecule has 2 heterocycles. The predicted octanol–water partition coefficient (Wildman–Crippen LogP) is 3.64. The van der Waals surface area contributed by atoms with Crippen LogP contribution in [0.5, 0.6) is 11.6 Å². The van der Waals surface area contributed by atoms with Crippen molar-refractivity contribution in [2.24, 2.45) is 0 Å². The third kappa shape index (κ3) is 4.80. The van der Waals surface area contributed by atoms with E-state index in [9.17, 15) is 13.6 Å². The lowest BCUT2D eigenvalue weighted by molar-refractivity contribution is -0.127. The Morgan fingerprint density at radius 3 is 2.93 bits per heavy atom. The molecule has 1 atom stereocenters. The van der Waals surface area contributed by atoms with E-state index in [1.54, 1.807) is 18.3 Å². The monoisotopic (exact) mass is 375 g/mol. The van der Waals surface area contributed by atoms with Crippen LogP contribution in [-0.4, -0.2) is 34.9 Å². The van der Waals surface area contributed by atoms with Crippen LogP contribution in [0.15, 0.2) is 36.5 Å². The van der Waals surface area contributed by atoms with Gasteiger partial charge in [0, 0.05) is 24.4 Å². The van der Waals surface area contributed by atoms with E-state index in [0.29, 0.717) is 5.56 Å². The minimum atomic E-state index is -0.991. The standard InChI is InChI=1S/C20H23F2N3O2/c1-2-25-11-4-3-7-18(25)19(26)24-13-14-6-5-10-23-20(14)27-15-8-9-16(21)17(22)12-15/h5-6,8-10,12,18H,2-4,7,11,13H2,1H3,(H,24,26). The molecule has 0 aliphatic carbocycles. The molecule has 1 aliphatic heterocycles. The van der Waals surface area contributed by atoms with Crippen molar-refractivity contribution in [3.8, 4) is 11.6 Å². The van der Waals surface area contributed by atoms with E-state index < -0.39 is 11.6 Å². The molecular formula is C20H23F2N3O2. The van der Waals surface area contributed by atoms with Gasteiger partial charge in [-0.2, -0.15) is 0 Å². The first-order valence-corrected chi connectivity index (χ1v) is 9.17. The zero-order chi connectivity index (χ0) is 19.2. The molecule has 5 nitrogen and oxygen atoms in total. The highest BCUT2D eigenvalue weighted by atomic mass is 19.2. The average molecular weight is 375 g/mol. The number of amides is 1. The highest BCUT2D eigenvalue weighted by molar-refractivity contribution is 5.81. The predicted molar refractivity (Wildman–Crippen MR) is 97.4 cm³/mol. The molecule has 1 unspecified atom stereocenters. The molecule has 0 radical (unpaired) electrons. The van der Waals surface area contributed by atoms with Gasteiger partial charge < -0.3 is 10.1 Å². The van der Waals surface area contributed by atoms with E-state index in [2.05, 4.69) is 22.1 Å². The fourth-order valence-electron chi connectivity index (χ4n) is 3.27. The summed E-state index contributed by atoms with van der Waals surface area (Å²) in [7, 11) is 0. The summed E-state index contributed by atoms with van der Waals surface area (Å²) in [5, 5.41) is 2.94. The maximum absolute atomic E-state index is 13.4. The summed E-state index contributed by atoms with van der Waals surface area (Å²) >= 11 is 0. The van der Waals surface area contributed by atoms with Gasteiger partial charge in [-0.25, -0.2) is 13.8 Å². The number of nitrogens with zero attached hydrogens (tertiary/aromatic N) is 2. The fraction of sp³-hybridized carbons (Fsp3) is 0.400. The SMILES string of the molecule is CCN1CCCCC1C(=O)NCc1cccnc1Oc1ccc(F)c(F)c1. The maximum atomic E-state index is 13.4. The zero-order valence-electron chi connectivity index (χ0n) is 15.3. The largest absolute Gasteiger partial charge is 0.439 e. The molecular weight excluding hydrogens is 352 g/mol. The van der Waals surface area contributed by atoms with Gasteiger partial charge in [-0.3, -0.25) is 9.69 Å². The van der Waals surface area contributed by atoms with Crippen LogP contribution in [0.1, 0.15) is 31.7 Å². The lowest BCUT2D eigenvalue weighted by Gasteiger charge is -2.33. The minimum Gasteiger partial charge on any atom is -0.439 e. The minimum absolute atomic E-state index is 0.0146. The number of carbonyl (C=O) groups excluding carboxylic acids is 1. The van der Waals surface area contributed by atoms with Crippen LogP contribution in [0, 0.1) is 11.6 Å². The number of aromatic nitrogens is 1. The van der Waals surface area contributed by atoms with Crippen LogP contribution < -0.4 is 10.1 Å². The topological polar surface area (TPSA) is 54.5 Å². The smallest absolute Gasteiger partial charge is 0.237 e. The second-order valence-corrected chi connectivity index (χ2v) is 6.50. The van der Waals surface area contributed by atoms with Crippen LogP contribution in [0.3, 0.4) is 0 Å². The van der Waals surface area contributed by atoms with Gasteiger partial charge in [0.1, 0.15) is 5.75 Å². The van der Waals surface area contributed by atoms with Gasteiger partial charge in [0.05, 0.1) is 6.04 Å². The third-order valence-corrected chi connectivity index (χ3v) is 4.73. The van der Waals surface area contributed by atoms with Crippen LogP contribution in [0.4, 0.5) is 8.78 Å². The number of piperidine rings is 1. The number of ether oxygens (including phenoxy) is 1. The van der Waals surface area contributed by atoms with Crippen molar-refractivity contribution in [3.63, 3.8) is 0 Å². The molecule has 0 saturated carbocycles. The van der Waals surface area contributed by atoms with Crippen molar-refractivity contribution >= 4 is 5.91 Å². The molecule has 7 heteroatoms. The number of nitrogens with one attached hydrogen (secondary N) is 1. The van der Waals surface area contributed by atoms with Gasteiger partial charge in [-0.15, -0.1) is 0 Å². The summed E-state index contributed by atoms with van der Waals surface area (Å²) in [6, 6.07) is 6.69. The number of hydrogen-bond donors (Lipinski definition) is 1. The van der Waals surface area contributed by atoms with E-state index in [-0.39, 0.29) is 30.1 Å². The number of hydrogen-bond acceptors (Lipinski definition) is 4. The first kappa shape index (κ1) is 19.2. The van der Waals surface area contributed by atoms with Crippen LogP contribution in [-0.2, 0) is 11.3 Å². The molecule has 1 aromatic carbocycles. The third-order valence-electron chi connectivity index (χ3n) is 4.73. The summed E-state index contributed by atoms with van der Waals surface area (Å²) in [5.41, 5.74) is 0.662. The molecule has 1 amide bonds. The van der Waals surface area contributed by atoms with E-state index in [0.717, 1.165) is 44.5 Å². The Bertz CT molecular complexity index is 801. The van der Waals surface area contributed by atoms with Crippen molar-refractivity contribution in [1.82, 2.24) is 15.2 Å². The van der Waals surface area contributed by atoms with Gasteiger partial charge in [-0.05, 0) is 44.1 Å². The van der Waals surface area contributed by atoms with Crippen molar-refractivity contribution in [3.05, 3.63) is 53.7 Å². The number of likely N-dealkylation sites (tertiary alicyclic amines) is 1. The molecule has 1 saturated heterocycles. The number of benzene rings is 1. The highest BCUT2D eigenvalue weighted by Gasteiger charge is 2.27. The molecule has 2 aromatic rings. The van der Waals surface area contributed by atoms with Crippen molar-refractivity contribution in [2.75, 3.05) is 13.1 Å². The molecule has 3 rings (SSSR count). The first-order valence-electron chi connectivity index (χ1n) is 9.17. The van der Waals surface area contributed by atoms with Gasteiger partial charge in [-0.1, -0.05) is 19.4 Å². The fourth-order valence-corrected chi connectivity index (χ4v) is 3.27. The highest BCUT2D eigenvalue weighted by Crippen LogP contribution is 2.24. The van der Waals surface area contributed by atoms with E-state index in [1.807, 2.05) is 0 Å². The molecule has 27 heavy (non-hydrogen) atoms. The van der Waals surface area contributed by atoms with E-state index in [4.69, 9.17) is 4.74 Å². The van der Waals surface area contributed by atoms with Crippen molar-refractivity contribution < 1.29 is 18.3 Å². The summed E-state index contributed by atoms with van der Waals surface area (Å²) < 4.78 is 32.0. The van der Waals surface area contributed by atoms with Crippen molar-refractivity contribution in [2.45, 2.75) is 38.8 Å². The Labute approximate surface area is 157 Å².